The van der Waals surface area contributed by atoms with Crippen molar-refractivity contribution < 1.29 is 17.2 Å². The highest BCUT2D eigenvalue weighted by Crippen LogP contribution is 2.13. The molecule has 0 amide bonds. The highest BCUT2D eigenvalue weighted by molar-refractivity contribution is 7.94. The minimum atomic E-state index is -3.15. The van der Waals surface area contributed by atoms with Crippen LogP contribution in [0, 0.1) is 11.6 Å². The summed E-state index contributed by atoms with van der Waals surface area (Å²) in [5, 5.41) is 3.90. The van der Waals surface area contributed by atoms with Gasteiger partial charge in [0.2, 0.25) is 0 Å². The molecule has 1 aromatic carbocycles. The van der Waals surface area contributed by atoms with Crippen molar-refractivity contribution in [3.05, 3.63) is 46.9 Å². The zero-order valence-corrected chi connectivity index (χ0v) is 9.68. The molecule has 0 fully saturated rings. The lowest BCUT2D eigenvalue weighted by molar-refractivity contribution is 0.526. The molecule has 0 spiro atoms. The van der Waals surface area contributed by atoms with Crippen LogP contribution in [-0.2, 0) is 16.4 Å². The van der Waals surface area contributed by atoms with E-state index in [-0.39, 0.29) is 23.9 Å². The fraction of sp³-hybridized carbons (Fsp3) is 0.273. The molecule has 1 N–H and O–H groups in total. The van der Waals surface area contributed by atoms with Crippen molar-refractivity contribution in [2.75, 3.05) is 5.75 Å². The van der Waals surface area contributed by atoms with Crippen LogP contribution in [0.15, 0.2) is 29.7 Å². The van der Waals surface area contributed by atoms with Crippen LogP contribution in [0.25, 0.3) is 0 Å². The number of nitrogens with one attached hydrogen (secondary N) is 1. The molecule has 92 valence electrons. The van der Waals surface area contributed by atoms with Crippen molar-refractivity contribution in [3.63, 3.8) is 0 Å². The Morgan fingerprint density at radius 1 is 1.29 bits per heavy atom. The normalized spacial score (nSPS) is 21.9. The van der Waals surface area contributed by atoms with Crippen molar-refractivity contribution in [1.82, 2.24) is 5.32 Å². The molecule has 17 heavy (non-hydrogen) atoms. The van der Waals surface area contributed by atoms with Gasteiger partial charge in [0, 0.05) is 23.6 Å². The summed E-state index contributed by atoms with van der Waals surface area (Å²) in [5.41, 5.74) is -0.0785. The summed E-state index contributed by atoms with van der Waals surface area (Å²) in [6.07, 6.45) is 1.48. The quantitative estimate of drug-likeness (QED) is 0.891. The number of sulfone groups is 1. The summed E-state index contributed by atoms with van der Waals surface area (Å²) in [6.45, 7) is -0.0387. The van der Waals surface area contributed by atoms with Crippen LogP contribution in [0.2, 0.25) is 0 Å². The second-order valence-electron chi connectivity index (χ2n) is 3.85. The van der Waals surface area contributed by atoms with E-state index in [4.69, 9.17) is 0 Å². The van der Waals surface area contributed by atoms with Crippen LogP contribution in [0.5, 0.6) is 0 Å². The molecule has 0 radical (unpaired) electrons. The molecule has 1 heterocycles. The molecule has 1 unspecified atom stereocenters. The maximum Gasteiger partial charge on any atom is 0.173 e. The number of rotatable bonds is 3. The third-order valence-electron chi connectivity index (χ3n) is 2.53. The first-order chi connectivity index (χ1) is 7.98. The third kappa shape index (κ3) is 2.89. The van der Waals surface area contributed by atoms with E-state index in [1.807, 2.05) is 0 Å². The first-order valence-corrected chi connectivity index (χ1v) is 6.77. The predicted octanol–water partition coefficient (Wildman–Crippen LogP) is 1.37. The van der Waals surface area contributed by atoms with Gasteiger partial charge in [-0.15, -0.1) is 0 Å². The first-order valence-electron chi connectivity index (χ1n) is 5.05. The van der Waals surface area contributed by atoms with Crippen LogP contribution < -0.4 is 5.32 Å². The van der Waals surface area contributed by atoms with Gasteiger partial charge in [-0.2, -0.15) is 0 Å². The number of halogens is 2. The Kier molecular flexibility index (Phi) is 3.26. The Balaban J connectivity index is 2.02. The fourth-order valence-electron chi connectivity index (χ4n) is 1.64. The molecular formula is C11H11F2NO2S. The van der Waals surface area contributed by atoms with E-state index in [2.05, 4.69) is 5.32 Å². The van der Waals surface area contributed by atoms with Gasteiger partial charge >= 0.3 is 0 Å². The van der Waals surface area contributed by atoms with Crippen molar-refractivity contribution in [2.24, 2.45) is 0 Å². The molecule has 0 saturated heterocycles. The van der Waals surface area contributed by atoms with E-state index in [0.717, 1.165) is 5.41 Å². The third-order valence-corrected chi connectivity index (χ3v) is 3.93. The summed E-state index contributed by atoms with van der Waals surface area (Å²) in [5.74, 6) is -1.34. The monoisotopic (exact) mass is 259 g/mol. The van der Waals surface area contributed by atoms with Gasteiger partial charge in [0.25, 0.3) is 0 Å². The molecule has 6 heteroatoms. The lowest BCUT2D eigenvalue weighted by Crippen LogP contribution is -2.30. The second kappa shape index (κ2) is 4.54. The summed E-state index contributed by atoms with van der Waals surface area (Å²) >= 11 is 0. The molecule has 1 aromatic rings. The minimum Gasteiger partial charge on any atom is -0.305 e. The van der Waals surface area contributed by atoms with E-state index in [1.165, 1.54) is 24.3 Å². The van der Waals surface area contributed by atoms with Crippen LogP contribution in [-0.4, -0.2) is 20.2 Å². The van der Waals surface area contributed by atoms with E-state index in [0.29, 0.717) is 0 Å². The zero-order valence-electron chi connectivity index (χ0n) is 8.86. The van der Waals surface area contributed by atoms with Gasteiger partial charge in [0.15, 0.2) is 9.84 Å². The molecular weight excluding hydrogens is 248 g/mol. The Labute approximate surface area is 98.1 Å². The highest BCUT2D eigenvalue weighted by atomic mass is 32.2. The Hall–Kier alpha value is -1.27. The van der Waals surface area contributed by atoms with Gasteiger partial charge in [-0.05, 0) is 12.1 Å². The molecule has 0 aliphatic carbocycles. The highest BCUT2D eigenvalue weighted by Gasteiger charge is 2.21. The smallest absolute Gasteiger partial charge is 0.173 e. The van der Waals surface area contributed by atoms with Gasteiger partial charge in [-0.1, -0.05) is 12.1 Å². The minimum absolute atomic E-state index is 0.0387. The molecule has 3 nitrogen and oxygen atoms in total. The summed E-state index contributed by atoms with van der Waals surface area (Å²) < 4.78 is 48.7. The van der Waals surface area contributed by atoms with E-state index in [9.17, 15) is 17.2 Å². The van der Waals surface area contributed by atoms with Crippen molar-refractivity contribution in [3.8, 4) is 0 Å². The summed E-state index contributed by atoms with van der Waals surface area (Å²) in [6, 6.07) is 3.23. The number of hydrogen-bond acceptors (Lipinski definition) is 3. The maximum atomic E-state index is 13.3. The van der Waals surface area contributed by atoms with Crippen molar-refractivity contribution >= 4 is 9.84 Å². The fourth-order valence-corrected chi connectivity index (χ4v) is 2.91. The van der Waals surface area contributed by atoms with E-state index in [1.54, 1.807) is 0 Å². The van der Waals surface area contributed by atoms with Crippen molar-refractivity contribution in [2.45, 2.75) is 12.6 Å². The van der Waals surface area contributed by atoms with Crippen LogP contribution in [0.1, 0.15) is 5.56 Å². The topological polar surface area (TPSA) is 46.2 Å². The van der Waals surface area contributed by atoms with Gasteiger partial charge in [-0.3, -0.25) is 0 Å². The lowest BCUT2D eigenvalue weighted by Gasteiger charge is -2.10. The van der Waals surface area contributed by atoms with Crippen LogP contribution >= 0.6 is 0 Å². The molecule has 1 atom stereocenters. The zero-order chi connectivity index (χ0) is 12.5. The summed E-state index contributed by atoms with van der Waals surface area (Å²) in [7, 11) is -3.15. The Bertz CT molecular complexity index is 534. The second-order valence-corrected chi connectivity index (χ2v) is 5.78. The van der Waals surface area contributed by atoms with Crippen LogP contribution in [0.3, 0.4) is 0 Å². The summed E-state index contributed by atoms with van der Waals surface area (Å²) in [4.78, 5) is 0. The Morgan fingerprint density at radius 3 is 2.47 bits per heavy atom. The SMILES string of the molecule is O=S1(=O)C=CC(NCc2c(F)cccc2F)C1. The van der Waals surface area contributed by atoms with Gasteiger partial charge in [0.05, 0.1) is 5.75 Å². The molecule has 0 aromatic heterocycles. The van der Waals surface area contributed by atoms with E-state index < -0.39 is 21.5 Å². The molecule has 0 bridgehead atoms. The standard InChI is InChI=1S/C11H11F2NO2S/c12-10-2-1-3-11(13)9(10)6-14-8-4-5-17(15,16)7-8/h1-5,8,14H,6-7H2. The molecule has 2 rings (SSSR count). The first kappa shape index (κ1) is 12.2. The number of benzene rings is 1. The van der Waals surface area contributed by atoms with Gasteiger partial charge in [-0.25, -0.2) is 17.2 Å². The lowest BCUT2D eigenvalue weighted by atomic mass is 10.2. The largest absolute Gasteiger partial charge is 0.305 e. The van der Waals surface area contributed by atoms with Crippen molar-refractivity contribution in [1.29, 1.82) is 0 Å². The Morgan fingerprint density at radius 2 is 1.94 bits per heavy atom. The van der Waals surface area contributed by atoms with Gasteiger partial charge in [0.1, 0.15) is 11.6 Å². The average Bonchev–Trinajstić information content (AvgIpc) is 2.57. The molecule has 0 saturated carbocycles. The molecule has 1 aliphatic heterocycles. The molecule has 1 aliphatic rings. The van der Waals surface area contributed by atoms with Gasteiger partial charge < -0.3 is 5.32 Å². The maximum absolute atomic E-state index is 13.3. The number of hydrogen-bond donors (Lipinski definition) is 1. The van der Waals surface area contributed by atoms with E-state index >= 15 is 0 Å². The average molecular weight is 259 g/mol. The predicted molar refractivity (Wildman–Crippen MR) is 59.9 cm³/mol. The van der Waals surface area contributed by atoms with Crippen LogP contribution in [0.4, 0.5) is 8.78 Å².